The molecule has 1 heterocycles. The summed E-state index contributed by atoms with van der Waals surface area (Å²) in [6.45, 7) is 2.83. The fourth-order valence-electron chi connectivity index (χ4n) is 2.57. The second-order valence-corrected chi connectivity index (χ2v) is 5.76. The molecular weight excluding hydrogens is 296 g/mol. The first kappa shape index (κ1) is 15.7. The van der Waals surface area contributed by atoms with Crippen molar-refractivity contribution in [3.63, 3.8) is 0 Å². The molecule has 0 aromatic heterocycles. The lowest BCUT2D eigenvalue weighted by atomic mass is 9.92. The standard InChI is InChI=1S/C14H17ClN2O4/c1-9(18)10-2-4-16(5-3-10)14(19)11-6-12(15)8-13(7-11)17(20)21/h6-10,18H,2-5H2,1H3. The van der Waals surface area contributed by atoms with E-state index in [2.05, 4.69) is 0 Å². The van der Waals surface area contributed by atoms with Crippen LogP contribution in [0.5, 0.6) is 0 Å². The van der Waals surface area contributed by atoms with Crippen LogP contribution in [0.25, 0.3) is 0 Å². The zero-order valence-corrected chi connectivity index (χ0v) is 12.4. The van der Waals surface area contributed by atoms with Gasteiger partial charge in [-0.3, -0.25) is 14.9 Å². The molecule has 6 nitrogen and oxygen atoms in total. The number of hydrogen-bond donors (Lipinski definition) is 1. The fourth-order valence-corrected chi connectivity index (χ4v) is 2.80. The number of nitro benzene ring substituents is 1. The van der Waals surface area contributed by atoms with Crippen LogP contribution in [0.15, 0.2) is 18.2 Å². The van der Waals surface area contributed by atoms with Crippen molar-refractivity contribution in [3.8, 4) is 0 Å². The van der Waals surface area contributed by atoms with Crippen LogP contribution >= 0.6 is 11.6 Å². The number of aliphatic hydroxyl groups is 1. The second-order valence-electron chi connectivity index (χ2n) is 5.33. The lowest BCUT2D eigenvalue weighted by molar-refractivity contribution is -0.384. The molecule has 1 atom stereocenters. The number of rotatable bonds is 3. The molecule has 0 spiro atoms. The summed E-state index contributed by atoms with van der Waals surface area (Å²) in [5, 5.41) is 20.5. The topological polar surface area (TPSA) is 83.7 Å². The van der Waals surface area contributed by atoms with E-state index in [-0.39, 0.29) is 34.2 Å². The van der Waals surface area contributed by atoms with Gasteiger partial charge in [0.25, 0.3) is 11.6 Å². The van der Waals surface area contributed by atoms with Gasteiger partial charge in [-0.1, -0.05) is 11.6 Å². The van der Waals surface area contributed by atoms with Gasteiger partial charge >= 0.3 is 0 Å². The highest BCUT2D eigenvalue weighted by Crippen LogP contribution is 2.25. The van der Waals surface area contributed by atoms with E-state index < -0.39 is 4.92 Å². The van der Waals surface area contributed by atoms with Crippen molar-refractivity contribution in [2.45, 2.75) is 25.9 Å². The van der Waals surface area contributed by atoms with E-state index in [0.717, 1.165) is 12.8 Å². The number of nitrogens with zero attached hydrogens (tertiary/aromatic N) is 2. The molecule has 1 amide bonds. The first-order valence-electron chi connectivity index (χ1n) is 6.81. The summed E-state index contributed by atoms with van der Waals surface area (Å²) in [6.07, 6.45) is 1.08. The Labute approximate surface area is 127 Å². The molecule has 0 saturated carbocycles. The van der Waals surface area contributed by atoms with Gasteiger partial charge in [-0.05, 0) is 31.7 Å². The van der Waals surface area contributed by atoms with E-state index in [1.807, 2.05) is 0 Å². The molecule has 2 rings (SSSR count). The van der Waals surface area contributed by atoms with Crippen LogP contribution in [0.3, 0.4) is 0 Å². The van der Waals surface area contributed by atoms with Crippen molar-refractivity contribution >= 4 is 23.2 Å². The Morgan fingerprint density at radius 3 is 2.57 bits per heavy atom. The van der Waals surface area contributed by atoms with E-state index >= 15 is 0 Å². The molecule has 1 saturated heterocycles. The lowest BCUT2D eigenvalue weighted by Crippen LogP contribution is -2.40. The summed E-state index contributed by atoms with van der Waals surface area (Å²) in [6, 6.07) is 3.91. The summed E-state index contributed by atoms with van der Waals surface area (Å²) in [5.41, 5.74) is 0.0365. The summed E-state index contributed by atoms with van der Waals surface area (Å²) in [5.74, 6) is -0.0626. The molecule has 21 heavy (non-hydrogen) atoms. The van der Waals surface area contributed by atoms with E-state index in [4.69, 9.17) is 11.6 Å². The van der Waals surface area contributed by atoms with Gasteiger partial charge in [0.05, 0.1) is 11.0 Å². The van der Waals surface area contributed by atoms with Crippen molar-refractivity contribution in [2.24, 2.45) is 5.92 Å². The summed E-state index contributed by atoms with van der Waals surface area (Å²) < 4.78 is 0. The van der Waals surface area contributed by atoms with E-state index in [1.54, 1.807) is 11.8 Å². The Morgan fingerprint density at radius 1 is 1.43 bits per heavy atom. The number of benzene rings is 1. The smallest absolute Gasteiger partial charge is 0.271 e. The Morgan fingerprint density at radius 2 is 2.05 bits per heavy atom. The number of hydrogen-bond acceptors (Lipinski definition) is 4. The van der Waals surface area contributed by atoms with Crippen LogP contribution in [-0.2, 0) is 0 Å². The summed E-state index contributed by atoms with van der Waals surface area (Å²) in [7, 11) is 0. The number of likely N-dealkylation sites (tertiary alicyclic amines) is 1. The molecule has 0 radical (unpaired) electrons. The highest BCUT2D eigenvalue weighted by molar-refractivity contribution is 6.31. The number of carbonyl (C=O) groups excluding carboxylic acids is 1. The molecule has 1 fully saturated rings. The maximum absolute atomic E-state index is 12.4. The van der Waals surface area contributed by atoms with Crippen LogP contribution in [0, 0.1) is 16.0 Å². The molecular formula is C14H17ClN2O4. The number of carbonyl (C=O) groups is 1. The van der Waals surface area contributed by atoms with Crippen LogP contribution in [0.4, 0.5) is 5.69 Å². The average molecular weight is 313 g/mol. The van der Waals surface area contributed by atoms with Crippen molar-refractivity contribution in [2.75, 3.05) is 13.1 Å². The molecule has 114 valence electrons. The van der Waals surface area contributed by atoms with Gasteiger partial charge in [-0.2, -0.15) is 0 Å². The van der Waals surface area contributed by atoms with Gasteiger partial charge in [0, 0.05) is 35.8 Å². The van der Waals surface area contributed by atoms with Gasteiger partial charge in [0.2, 0.25) is 0 Å². The van der Waals surface area contributed by atoms with Crippen LogP contribution in [0.1, 0.15) is 30.1 Å². The predicted molar refractivity (Wildman–Crippen MR) is 78.4 cm³/mol. The quantitative estimate of drug-likeness (QED) is 0.686. The number of amides is 1. The van der Waals surface area contributed by atoms with Crippen molar-refractivity contribution in [1.29, 1.82) is 0 Å². The minimum atomic E-state index is -0.567. The highest BCUT2D eigenvalue weighted by atomic mass is 35.5. The lowest BCUT2D eigenvalue weighted by Gasteiger charge is -2.33. The molecule has 1 aliphatic heterocycles. The second kappa shape index (κ2) is 6.41. The van der Waals surface area contributed by atoms with Crippen molar-refractivity contribution in [3.05, 3.63) is 38.9 Å². The number of piperidine rings is 1. The third-order valence-electron chi connectivity index (χ3n) is 3.85. The first-order valence-corrected chi connectivity index (χ1v) is 7.18. The minimum Gasteiger partial charge on any atom is -0.393 e. The SMILES string of the molecule is CC(O)C1CCN(C(=O)c2cc(Cl)cc([N+](=O)[O-])c2)CC1. The van der Waals surface area contributed by atoms with Gasteiger partial charge in [0.1, 0.15) is 0 Å². The Balaban J connectivity index is 2.12. The normalized spacial score (nSPS) is 17.6. The van der Waals surface area contributed by atoms with E-state index in [9.17, 15) is 20.0 Å². The van der Waals surface area contributed by atoms with Gasteiger partial charge in [0.15, 0.2) is 0 Å². The largest absolute Gasteiger partial charge is 0.393 e. The number of nitro groups is 1. The maximum Gasteiger partial charge on any atom is 0.271 e. The van der Waals surface area contributed by atoms with Crippen LogP contribution < -0.4 is 0 Å². The van der Waals surface area contributed by atoms with Crippen molar-refractivity contribution in [1.82, 2.24) is 4.90 Å². The molecule has 0 bridgehead atoms. The summed E-state index contributed by atoms with van der Waals surface area (Å²) in [4.78, 5) is 24.3. The van der Waals surface area contributed by atoms with Gasteiger partial charge < -0.3 is 10.0 Å². The zero-order valence-electron chi connectivity index (χ0n) is 11.7. The molecule has 7 heteroatoms. The van der Waals surface area contributed by atoms with Crippen LogP contribution in [-0.4, -0.2) is 40.0 Å². The van der Waals surface area contributed by atoms with E-state index in [1.165, 1.54) is 18.2 Å². The Kier molecular flexibility index (Phi) is 4.80. The molecule has 1 aliphatic rings. The van der Waals surface area contributed by atoms with Crippen molar-refractivity contribution < 1.29 is 14.8 Å². The maximum atomic E-state index is 12.4. The first-order chi connectivity index (χ1) is 9.88. The molecule has 1 unspecified atom stereocenters. The average Bonchev–Trinajstić information content (AvgIpc) is 2.45. The predicted octanol–water partition coefficient (Wildman–Crippen LogP) is 2.48. The Bertz CT molecular complexity index is 554. The molecule has 1 aromatic carbocycles. The Hall–Kier alpha value is -1.66. The fraction of sp³-hybridized carbons (Fsp3) is 0.500. The summed E-state index contributed by atoms with van der Waals surface area (Å²) >= 11 is 5.83. The van der Waals surface area contributed by atoms with Gasteiger partial charge in [-0.25, -0.2) is 0 Å². The number of halogens is 1. The van der Waals surface area contributed by atoms with Crippen LogP contribution in [0.2, 0.25) is 5.02 Å². The van der Waals surface area contributed by atoms with Gasteiger partial charge in [-0.15, -0.1) is 0 Å². The third kappa shape index (κ3) is 3.71. The molecule has 1 N–H and O–H groups in total. The zero-order chi connectivity index (χ0) is 15.6. The number of non-ortho nitro benzene ring substituents is 1. The molecule has 0 aliphatic carbocycles. The molecule has 1 aromatic rings. The number of aliphatic hydroxyl groups excluding tert-OH is 1. The minimum absolute atomic E-state index is 0.173. The highest BCUT2D eigenvalue weighted by Gasteiger charge is 2.27. The third-order valence-corrected chi connectivity index (χ3v) is 4.07. The van der Waals surface area contributed by atoms with E-state index in [0.29, 0.717) is 13.1 Å². The monoisotopic (exact) mass is 312 g/mol.